The first-order valence-electron chi connectivity index (χ1n) is 7.07. The zero-order valence-corrected chi connectivity index (χ0v) is 15.6. The van der Waals surface area contributed by atoms with Gasteiger partial charge in [0.25, 0.3) is 0 Å². The molecule has 0 aliphatic rings. The maximum atomic E-state index is 12.4. The molecule has 0 spiro atoms. The number of halogens is 3. The molecule has 2 rings (SSSR count). The van der Waals surface area contributed by atoms with Gasteiger partial charge >= 0.3 is 0 Å². The van der Waals surface area contributed by atoms with Gasteiger partial charge in [-0.1, -0.05) is 53.0 Å². The first-order chi connectivity index (χ1) is 10.8. The van der Waals surface area contributed by atoms with Gasteiger partial charge < -0.3 is 5.32 Å². The van der Waals surface area contributed by atoms with Gasteiger partial charge in [0, 0.05) is 15.6 Å². The summed E-state index contributed by atoms with van der Waals surface area (Å²) in [5, 5.41) is 3.16. The van der Waals surface area contributed by atoms with Crippen LogP contribution in [0, 0.1) is 0 Å². The van der Waals surface area contributed by atoms with Gasteiger partial charge in [-0.25, -0.2) is 8.42 Å². The van der Waals surface area contributed by atoms with Crippen LogP contribution in [0.15, 0.2) is 47.4 Å². The third kappa shape index (κ3) is 4.85. The number of hydrogen-bond donors (Lipinski definition) is 1. The van der Waals surface area contributed by atoms with Crippen molar-refractivity contribution in [2.75, 3.05) is 12.3 Å². The summed E-state index contributed by atoms with van der Waals surface area (Å²) in [4.78, 5) is 0.0745. The quantitative estimate of drug-likeness (QED) is 0.812. The van der Waals surface area contributed by atoms with E-state index in [4.69, 9.17) is 34.8 Å². The molecule has 1 atom stereocenters. The highest BCUT2D eigenvalue weighted by atomic mass is 35.5. The molecule has 3 nitrogen and oxygen atoms in total. The minimum atomic E-state index is -3.48. The summed E-state index contributed by atoms with van der Waals surface area (Å²) in [6, 6.07) is 12.0. The maximum Gasteiger partial charge on any atom is 0.185 e. The normalized spacial score (nSPS) is 13.0. The molecule has 0 bridgehead atoms. The van der Waals surface area contributed by atoms with E-state index in [0.717, 1.165) is 5.56 Å². The summed E-state index contributed by atoms with van der Waals surface area (Å²) < 4.78 is 24.8. The molecule has 0 heterocycles. The fourth-order valence-electron chi connectivity index (χ4n) is 2.27. The predicted molar refractivity (Wildman–Crippen MR) is 95.2 cm³/mol. The number of sulfone groups is 1. The second-order valence-corrected chi connectivity index (χ2v) is 8.56. The highest BCUT2D eigenvalue weighted by Gasteiger charge is 2.20. The Morgan fingerprint density at radius 1 is 1.04 bits per heavy atom. The Kier molecular flexibility index (Phi) is 6.34. The Labute approximate surface area is 151 Å². The lowest BCUT2D eigenvalue weighted by atomic mass is 10.1. The van der Waals surface area contributed by atoms with E-state index < -0.39 is 9.84 Å². The number of benzene rings is 2. The van der Waals surface area contributed by atoms with Crippen molar-refractivity contribution in [2.45, 2.75) is 17.9 Å². The third-order valence-corrected chi connectivity index (χ3v) is 6.33. The minimum Gasteiger partial charge on any atom is -0.339 e. The van der Waals surface area contributed by atoms with Crippen LogP contribution in [0.2, 0.25) is 15.1 Å². The summed E-state index contributed by atoms with van der Waals surface area (Å²) in [6.45, 7) is 2.39. The lowest BCUT2D eigenvalue weighted by Gasteiger charge is -2.13. The Morgan fingerprint density at radius 2 is 1.74 bits per heavy atom. The molecular formula is C16H17Cl3NO2S+. The van der Waals surface area contributed by atoms with Gasteiger partial charge in [0.1, 0.15) is 11.8 Å². The van der Waals surface area contributed by atoms with Crippen molar-refractivity contribution >= 4 is 44.6 Å². The Balaban J connectivity index is 2.03. The number of hydrogen-bond acceptors (Lipinski definition) is 2. The van der Waals surface area contributed by atoms with E-state index in [0.29, 0.717) is 16.6 Å². The smallest absolute Gasteiger partial charge is 0.185 e. The highest BCUT2D eigenvalue weighted by molar-refractivity contribution is 7.91. The summed E-state index contributed by atoms with van der Waals surface area (Å²) in [6.07, 6.45) is 0. The van der Waals surface area contributed by atoms with Crippen LogP contribution in [0.25, 0.3) is 0 Å². The van der Waals surface area contributed by atoms with Gasteiger partial charge in [-0.05, 0) is 31.2 Å². The maximum absolute atomic E-state index is 12.4. The molecule has 0 saturated heterocycles. The fourth-order valence-corrected chi connectivity index (χ4v) is 4.62. The molecule has 2 aromatic carbocycles. The Bertz CT molecular complexity index is 794. The van der Waals surface area contributed by atoms with E-state index in [1.54, 1.807) is 6.07 Å². The average molecular weight is 394 g/mol. The first kappa shape index (κ1) is 18.6. The van der Waals surface area contributed by atoms with Crippen molar-refractivity contribution in [3.8, 4) is 0 Å². The SMILES string of the molecule is C[C@@H]([NH2+]CCS(=O)(=O)c1cc(Cl)ccc1Cl)c1ccccc1Cl. The zero-order chi connectivity index (χ0) is 17.0. The van der Waals surface area contributed by atoms with Crippen molar-refractivity contribution in [1.29, 1.82) is 0 Å². The largest absolute Gasteiger partial charge is 0.339 e. The second kappa shape index (κ2) is 7.86. The van der Waals surface area contributed by atoms with E-state index in [1.165, 1.54) is 12.1 Å². The number of nitrogens with two attached hydrogens (primary N) is 1. The minimum absolute atomic E-state index is 0.0259. The molecule has 23 heavy (non-hydrogen) atoms. The lowest BCUT2D eigenvalue weighted by Crippen LogP contribution is -2.85. The second-order valence-electron chi connectivity index (χ2n) is 5.23. The van der Waals surface area contributed by atoms with E-state index in [9.17, 15) is 8.42 Å². The van der Waals surface area contributed by atoms with E-state index in [1.807, 2.05) is 36.5 Å². The summed E-state index contributed by atoms with van der Waals surface area (Å²) in [7, 11) is -3.48. The van der Waals surface area contributed by atoms with Crippen LogP contribution in [-0.2, 0) is 9.84 Å². The van der Waals surface area contributed by atoms with E-state index >= 15 is 0 Å². The monoisotopic (exact) mass is 392 g/mol. The van der Waals surface area contributed by atoms with Crippen molar-refractivity contribution in [1.82, 2.24) is 0 Å². The van der Waals surface area contributed by atoms with Crippen LogP contribution >= 0.6 is 34.8 Å². The van der Waals surface area contributed by atoms with Crippen LogP contribution in [0.3, 0.4) is 0 Å². The van der Waals surface area contributed by atoms with Gasteiger partial charge in [-0.3, -0.25) is 0 Å². The van der Waals surface area contributed by atoms with Crippen LogP contribution in [0.5, 0.6) is 0 Å². The zero-order valence-electron chi connectivity index (χ0n) is 12.5. The van der Waals surface area contributed by atoms with Crippen LogP contribution in [0.1, 0.15) is 18.5 Å². The van der Waals surface area contributed by atoms with Gasteiger partial charge in [0.15, 0.2) is 9.84 Å². The molecule has 2 N–H and O–H groups in total. The number of rotatable bonds is 6. The summed E-state index contributed by atoms with van der Waals surface area (Å²) in [5.41, 5.74) is 0.979. The lowest BCUT2D eigenvalue weighted by molar-refractivity contribution is -0.689. The molecule has 0 aliphatic carbocycles. The average Bonchev–Trinajstić information content (AvgIpc) is 2.49. The van der Waals surface area contributed by atoms with Gasteiger partial charge in [0.2, 0.25) is 0 Å². The number of quaternary nitrogens is 1. The molecule has 0 fully saturated rings. The van der Waals surface area contributed by atoms with Gasteiger partial charge in [-0.2, -0.15) is 0 Å². The van der Waals surface area contributed by atoms with Gasteiger partial charge in [0.05, 0.1) is 16.5 Å². The van der Waals surface area contributed by atoms with E-state index in [2.05, 4.69) is 0 Å². The Morgan fingerprint density at radius 3 is 2.43 bits per heavy atom. The molecule has 0 unspecified atom stereocenters. The predicted octanol–water partition coefficient (Wildman–Crippen LogP) is 3.75. The fraction of sp³-hybridized carbons (Fsp3) is 0.250. The Hall–Kier alpha value is -0.780. The molecule has 0 amide bonds. The highest BCUT2D eigenvalue weighted by Crippen LogP contribution is 2.25. The molecule has 124 valence electrons. The summed E-state index contributed by atoms with van der Waals surface area (Å²) >= 11 is 18.0. The third-order valence-electron chi connectivity index (χ3n) is 3.53. The standard InChI is InChI=1S/C16H16Cl3NO2S/c1-11(13-4-2-3-5-14(13)18)20-8-9-23(21,22)16-10-12(17)6-7-15(16)19/h2-7,10-11,20H,8-9H2,1H3/p+1/t11-/m1/s1. The molecule has 7 heteroatoms. The van der Waals surface area contributed by atoms with Gasteiger partial charge in [-0.15, -0.1) is 0 Å². The van der Waals surface area contributed by atoms with Crippen molar-refractivity contribution < 1.29 is 13.7 Å². The molecule has 0 aromatic heterocycles. The van der Waals surface area contributed by atoms with Crippen molar-refractivity contribution in [3.05, 3.63) is 63.1 Å². The molecular weight excluding hydrogens is 377 g/mol. The van der Waals surface area contributed by atoms with Crippen LogP contribution < -0.4 is 5.32 Å². The first-order valence-corrected chi connectivity index (χ1v) is 9.85. The van der Waals surface area contributed by atoms with Crippen LogP contribution in [-0.4, -0.2) is 20.7 Å². The van der Waals surface area contributed by atoms with Crippen molar-refractivity contribution in [2.24, 2.45) is 0 Å². The van der Waals surface area contributed by atoms with Crippen molar-refractivity contribution in [3.63, 3.8) is 0 Å². The van der Waals surface area contributed by atoms with E-state index in [-0.39, 0.29) is 21.7 Å². The van der Waals surface area contributed by atoms with Crippen LogP contribution in [0.4, 0.5) is 0 Å². The molecule has 2 aromatic rings. The topological polar surface area (TPSA) is 50.8 Å². The molecule has 0 saturated carbocycles. The summed E-state index contributed by atoms with van der Waals surface area (Å²) in [5.74, 6) is -0.0259. The molecule has 0 radical (unpaired) electrons. The molecule has 0 aliphatic heterocycles.